The third-order valence-electron chi connectivity index (χ3n) is 1.91. The maximum atomic E-state index is 10.3. The van der Waals surface area contributed by atoms with Crippen molar-refractivity contribution in [3.05, 3.63) is 0 Å². The van der Waals surface area contributed by atoms with Crippen molar-refractivity contribution in [2.75, 3.05) is 0 Å². The van der Waals surface area contributed by atoms with Crippen molar-refractivity contribution < 1.29 is 4.79 Å². The molecule has 10 heavy (non-hydrogen) atoms. The van der Waals surface area contributed by atoms with Gasteiger partial charge in [0.1, 0.15) is 0 Å². The van der Waals surface area contributed by atoms with Crippen LogP contribution in [-0.2, 0) is 0 Å². The number of carbonyl (C=O) groups excluding carboxylic acids is 1. The molecule has 1 fully saturated rings. The second-order valence-corrected chi connectivity index (χ2v) is 2.90. The maximum absolute atomic E-state index is 10.3. The first-order valence-electron chi connectivity index (χ1n) is 3.80. The summed E-state index contributed by atoms with van der Waals surface area (Å²) >= 11 is 0. The number of hydrogen-bond acceptors (Lipinski definition) is 1. The second-order valence-electron chi connectivity index (χ2n) is 2.90. The third-order valence-corrected chi connectivity index (χ3v) is 1.91. The fourth-order valence-electron chi connectivity index (χ4n) is 1.30. The predicted molar refractivity (Wildman–Crippen MR) is 39.5 cm³/mol. The molecular formula is C7H14N2O. The zero-order valence-corrected chi connectivity index (χ0v) is 6.26. The SMILES string of the molecule is CCC[C@@H]1C[C@H]1NC(N)=O. The number of rotatable bonds is 3. The maximum Gasteiger partial charge on any atom is 0.312 e. The molecule has 0 radical (unpaired) electrons. The summed E-state index contributed by atoms with van der Waals surface area (Å²) in [5.74, 6) is 0.706. The monoisotopic (exact) mass is 142 g/mol. The van der Waals surface area contributed by atoms with Crippen LogP contribution in [0.15, 0.2) is 0 Å². The van der Waals surface area contributed by atoms with Gasteiger partial charge in [0.15, 0.2) is 0 Å². The van der Waals surface area contributed by atoms with Crippen LogP contribution in [0.1, 0.15) is 26.2 Å². The summed E-state index contributed by atoms with van der Waals surface area (Å²) in [5.41, 5.74) is 4.94. The summed E-state index contributed by atoms with van der Waals surface area (Å²) in [4.78, 5) is 10.3. The molecule has 1 aliphatic rings. The first-order chi connectivity index (χ1) is 4.74. The van der Waals surface area contributed by atoms with Gasteiger partial charge >= 0.3 is 6.03 Å². The Hall–Kier alpha value is -0.730. The van der Waals surface area contributed by atoms with E-state index in [4.69, 9.17) is 5.73 Å². The van der Waals surface area contributed by atoms with Crippen LogP contribution in [-0.4, -0.2) is 12.1 Å². The highest BCUT2D eigenvalue weighted by Crippen LogP contribution is 2.34. The number of nitrogens with two attached hydrogens (primary N) is 1. The molecule has 0 aromatic heterocycles. The Morgan fingerprint density at radius 3 is 3.00 bits per heavy atom. The van der Waals surface area contributed by atoms with Gasteiger partial charge in [-0.25, -0.2) is 4.79 Å². The van der Waals surface area contributed by atoms with Gasteiger partial charge in [-0.3, -0.25) is 0 Å². The Labute approximate surface area is 61.0 Å². The van der Waals surface area contributed by atoms with E-state index in [1.165, 1.54) is 12.8 Å². The Morgan fingerprint density at radius 2 is 2.50 bits per heavy atom. The van der Waals surface area contributed by atoms with Gasteiger partial charge in [0.2, 0.25) is 0 Å². The molecule has 3 heteroatoms. The highest BCUT2D eigenvalue weighted by atomic mass is 16.2. The quantitative estimate of drug-likeness (QED) is 0.603. The van der Waals surface area contributed by atoms with Gasteiger partial charge in [0.25, 0.3) is 0 Å². The molecule has 2 amide bonds. The summed E-state index contributed by atoms with van der Waals surface area (Å²) in [6, 6.07) is 0.000975. The van der Waals surface area contributed by atoms with Crippen LogP contribution in [0.25, 0.3) is 0 Å². The molecule has 2 atom stereocenters. The lowest BCUT2D eigenvalue weighted by molar-refractivity contribution is 0.248. The first-order valence-corrected chi connectivity index (χ1v) is 3.80. The molecule has 0 spiro atoms. The molecule has 0 unspecified atom stereocenters. The Morgan fingerprint density at radius 1 is 1.80 bits per heavy atom. The van der Waals surface area contributed by atoms with Crippen LogP contribution in [0.3, 0.4) is 0 Å². The van der Waals surface area contributed by atoms with Gasteiger partial charge in [-0.05, 0) is 18.8 Å². The van der Waals surface area contributed by atoms with E-state index in [9.17, 15) is 4.79 Å². The largest absolute Gasteiger partial charge is 0.352 e. The van der Waals surface area contributed by atoms with E-state index >= 15 is 0 Å². The molecule has 0 saturated heterocycles. The van der Waals surface area contributed by atoms with Crippen molar-refractivity contribution in [1.29, 1.82) is 0 Å². The van der Waals surface area contributed by atoms with Crippen LogP contribution in [0.5, 0.6) is 0 Å². The van der Waals surface area contributed by atoms with E-state index in [-0.39, 0.29) is 6.03 Å². The summed E-state index contributed by atoms with van der Waals surface area (Å²) in [7, 11) is 0. The molecule has 0 aliphatic heterocycles. The van der Waals surface area contributed by atoms with E-state index in [1.54, 1.807) is 0 Å². The number of carbonyl (C=O) groups is 1. The van der Waals surface area contributed by atoms with E-state index in [0.29, 0.717) is 12.0 Å². The van der Waals surface area contributed by atoms with Crippen molar-refractivity contribution >= 4 is 6.03 Å². The number of primary amides is 1. The summed E-state index contributed by atoms with van der Waals surface area (Å²) in [5, 5.41) is 2.69. The average molecular weight is 142 g/mol. The van der Waals surface area contributed by atoms with Crippen LogP contribution in [0, 0.1) is 5.92 Å². The van der Waals surface area contributed by atoms with Crippen molar-refractivity contribution in [2.24, 2.45) is 11.7 Å². The third kappa shape index (κ3) is 1.90. The highest BCUT2D eigenvalue weighted by molar-refractivity contribution is 5.72. The Kier molecular flexibility index (Phi) is 2.14. The molecule has 58 valence electrons. The van der Waals surface area contributed by atoms with Gasteiger partial charge in [0, 0.05) is 6.04 Å². The minimum absolute atomic E-state index is 0.386. The number of hydrogen-bond donors (Lipinski definition) is 2. The van der Waals surface area contributed by atoms with Crippen molar-refractivity contribution in [2.45, 2.75) is 32.2 Å². The number of nitrogens with one attached hydrogen (secondary N) is 1. The number of amides is 2. The zero-order valence-electron chi connectivity index (χ0n) is 6.26. The van der Waals surface area contributed by atoms with E-state index in [0.717, 1.165) is 6.42 Å². The molecule has 1 aliphatic carbocycles. The highest BCUT2D eigenvalue weighted by Gasteiger charge is 2.36. The van der Waals surface area contributed by atoms with Gasteiger partial charge in [-0.2, -0.15) is 0 Å². The summed E-state index contributed by atoms with van der Waals surface area (Å²) in [6.07, 6.45) is 3.53. The second kappa shape index (κ2) is 2.90. The average Bonchev–Trinajstić information content (AvgIpc) is 2.47. The lowest BCUT2D eigenvalue weighted by Crippen LogP contribution is -2.32. The fraction of sp³-hybridized carbons (Fsp3) is 0.857. The summed E-state index contributed by atoms with van der Waals surface area (Å²) < 4.78 is 0. The van der Waals surface area contributed by atoms with Gasteiger partial charge < -0.3 is 11.1 Å². The Bertz CT molecular complexity index is 136. The van der Waals surface area contributed by atoms with Crippen LogP contribution < -0.4 is 11.1 Å². The summed E-state index contributed by atoms with van der Waals surface area (Å²) in [6.45, 7) is 2.15. The molecule has 0 aromatic carbocycles. The van der Waals surface area contributed by atoms with E-state index in [1.807, 2.05) is 0 Å². The predicted octanol–water partition coefficient (Wildman–Crippen LogP) is 0.843. The van der Waals surface area contributed by atoms with Gasteiger partial charge in [0.05, 0.1) is 0 Å². The Balaban J connectivity index is 2.07. The van der Waals surface area contributed by atoms with Crippen molar-refractivity contribution in [3.8, 4) is 0 Å². The van der Waals surface area contributed by atoms with Crippen molar-refractivity contribution in [1.82, 2.24) is 5.32 Å². The molecule has 0 heterocycles. The smallest absolute Gasteiger partial charge is 0.312 e. The van der Waals surface area contributed by atoms with E-state index < -0.39 is 0 Å². The van der Waals surface area contributed by atoms with Crippen LogP contribution >= 0.6 is 0 Å². The van der Waals surface area contributed by atoms with Crippen molar-refractivity contribution in [3.63, 3.8) is 0 Å². The molecular weight excluding hydrogens is 128 g/mol. The van der Waals surface area contributed by atoms with Crippen LogP contribution in [0.4, 0.5) is 4.79 Å². The minimum atomic E-state index is -0.386. The van der Waals surface area contributed by atoms with Gasteiger partial charge in [-0.1, -0.05) is 13.3 Å². The molecule has 1 saturated carbocycles. The normalized spacial score (nSPS) is 29.7. The lowest BCUT2D eigenvalue weighted by Gasteiger charge is -1.97. The minimum Gasteiger partial charge on any atom is -0.352 e. The molecule has 1 rings (SSSR count). The van der Waals surface area contributed by atoms with Gasteiger partial charge in [-0.15, -0.1) is 0 Å². The fourth-order valence-corrected chi connectivity index (χ4v) is 1.30. The van der Waals surface area contributed by atoms with Crippen LogP contribution in [0.2, 0.25) is 0 Å². The molecule has 0 bridgehead atoms. The number of urea groups is 1. The molecule has 0 aromatic rings. The standard InChI is InChI=1S/C7H14N2O/c1-2-3-5-4-6(5)9-7(8)10/h5-6H,2-4H2,1H3,(H3,8,9,10)/t5-,6-/m1/s1. The molecule has 3 nitrogen and oxygen atoms in total. The van der Waals surface area contributed by atoms with E-state index in [2.05, 4.69) is 12.2 Å². The zero-order chi connectivity index (χ0) is 7.56. The first kappa shape index (κ1) is 7.38. The molecule has 3 N–H and O–H groups in total. The lowest BCUT2D eigenvalue weighted by atomic mass is 10.2. The topological polar surface area (TPSA) is 55.1 Å².